The van der Waals surface area contributed by atoms with Crippen LogP contribution < -0.4 is 10.4 Å². The molecule has 0 heterocycles. The van der Waals surface area contributed by atoms with Crippen LogP contribution >= 0.6 is 0 Å². The Labute approximate surface area is 157 Å². The second kappa shape index (κ2) is 7.16. The third-order valence-corrected chi connectivity index (χ3v) is 8.12. The molecular weight excluding hydrogens is 326 g/mol. The number of amides is 1. The van der Waals surface area contributed by atoms with Crippen LogP contribution in [-0.2, 0) is 9.59 Å². The topological polar surface area (TPSA) is 69.2 Å². The predicted octanol–water partition coefficient (Wildman–Crippen LogP) is 3.04. The van der Waals surface area contributed by atoms with Crippen molar-refractivity contribution in [1.82, 2.24) is 5.32 Å². The predicted molar refractivity (Wildman–Crippen MR) is 97.9 cm³/mol. The van der Waals surface area contributed by atoms with Gasteiger partial charge >= 0.3 is 0 Å². The largest absolute Gasteiger partial charge is 0.550 e. The third kappa shape index (κ3) is 3.29. The van der Waals surface area contributed by atoms with Gasteiger partial charge in [-0.3, -0.25) is 4.79 Å². The van der Waals surface area contributed by atoms with Crippen LogP contribution in [0.3, 0.4) is 0 Å². The molecule has 5 fully saturated rings. The lowest BCUT2D eigenvalue weighted by Gasteiger charge is -2.59. The van der Waals surface area contributed by atoms with Gasteiger partial charge < -0.3 is 15.2 Å². The highest BCUT2D eigenvalue weighted by molar-refractivity contribution is 5.84. The molecular formula is C22H34NO3-. The SMILES string of the molecule is CCCC(NC(=O)C1CCCCC1C(=O)[O-])C12CC3CC(CC(C3)C1)C2. The van der Waals surface area contributed by atoms with Crippen molar-refractivity contribution in [2.24, 2.45) is 35.0 Å². The van der Waals surface area contributed by atoms with E-state index in [0.29, 0.717) is 12.8 Å². The molecule has 5 aliphatic rings. The zero-order valence-corrected chi connectivity index (χ0v) is 16.2. The molecule has 5 aliphatic carbocycles. The van der Waals surface area contributed by atoms with E-state index in [2.05, 4.69) is 12.2 Å². The van der Waals surface area contributed by atoms with E-state index < -0.39 is 11.9 Å². The number of rotatable bonds is 6. The van der Waals surface area contributed by atoms with Crippen molar-refractivity contribution >= 4 is 11.9 Å². The lowest BCUT2D eigenvalue weighted by atomic mass is 9.47. The molecule has 0 aromatic carbocycles. The maximum atomic E-state index is 13.1. The number of nitrogens with one attached hydrogen (secondary N) is 1. The summed E-state index contributed by atoms with van der Waals surface area (Å²) >= 11 is 0. The highest BCUT2D eigenvalue weighted by Gasteiger charge is 2.54. The number of carboxylic acids is 1. The fourth-order valence-corrected chi connectivity index (χ4v) is 7.43. The number of aliphatic carboxylic acids is 1. The molecule has 0 saturated heterocycles. The zero-order valence-electron chi connectivity index (χ0n) is 16.2. The zero-order chi connectivity index (χ0) is 18.3. The van der Waals surface area contributed by atoms with Crippen molar-refractivity contribution in [3.63, 3.8) is 0 Å². The number of carboxylic acid groups (broad SMARTS) is 1. The molecule has 26 heavy (non-hydrogen) atoms. The molecule has 0 spiro atoms. The van der Waals surface area contributed by atoms with Crippen LogP contribution in [-0.4, -0.2) is 17.9 Å². The molecule has 5 saturated carbocycles. The lowest BCUT2D eigenvalue weighted by molar-refractivity contribution is -0.314. The maximum Gasteiger partial charge on any atom is 0.224 e. The Morgan fingerprint density at radius 2 is 1.54 bits per heavy atom. The molecule has 146 valence electrons. The fraction of sp³-hybridized carbons (Fsp3) is 0.909. The van der Waals surface area contributed by atoms with E-state index >= 15 is 0 Å². The smallest absolute Gasteiger partial charge is 0.224 e. The average molecular weight is 361 g/mol. The molecule has 0 radical (unpaired) electrons. The minimum atomic E-state index is -1.04. The van der Waals surface area contributed by atoms with E-state index in [9.17, 15) is 14.7 Å². The summed E-state index contributed by atoms with van der Waals surface area (Å²) in [5.41, 5.74) is 0.284. The third-order valence-electron chi connectivity index (χ3n) is 8.12. The van der Waals surface area contributed by atoms with Crippen molar-refractivity contribution in [2.45, 2.75) is 90.0 Å². The summed E-state index contributed by atoms with van der Waals surface area (Å²) in [5.74, 6) is 0.568. The Morgan fingerprint density at radius 3 is 2.04 bits per heavy atom. The first-order valence-electron chi connectivity index (χ1n) is 11.0. The summed E-state index contributed by atoms with van der Waals surface area (Å²) in [7, 11) is 0. The van der Waals surface area contributed by atoms with E-state index in [1.54, 1.807) is 0 Å². The van der Waals surface area contributed by atoms with Crippen LogP contribution in [0.15, 0.2) is 0 Å². The maximum absolute atomic E-state index is 13.1. The highest BCUT2D eigenvalue weighted by Crippen LogP contribution is 2.61. The summed E-state index contributed by atoms with van der Waals surface area (Å²) in [6, 6.07) is 0.234. The summed E-state index contributed by atoms with van der Waals surface area (Å²) < 4.78 is 0. The summed E-state index contributed by atoms with van der Waals surface area (Å²) in [4.78, 5) is 24.6. The number of hydrogen-bond donors (Lipinski definition) is 1. The number of carbonyl (C=O) groups excluding carboxylic acids is 2. The second-order valence-corrected chi connectivity index (χ2v) is 9.95. The summed E-state index contributed by atoms with van der Waals surface area (Å²) in [5, 5.41) is 14.9. The minimum absolute atomic E-state index is 0.00639. The van der Waals surface area contributed by atoms with E-state index in [-0.39, 0.29) is 23.3 Å². The van der Waals surface area contributed by atoms with Gasteiger partial charge in [0.05, 0.1) is 0 Å². The molecule has 0 aromatic heterocycles. The molecule has 1 N–H and O–H groups in total. The Balaban J connectivity index is 1.50. The minimum Gasteiger partial charge on any atom is -0.550 e. The van der Waals surface area contributed by atoms with E-state index in [1.807, 2.05) is 0 Å². The van der Waals surface area contributed by atoms with Crippen LogP contribution in [0.2, 0.25) is 0 Å². The van der Waals surface area contributed by atoms with Gasteiger partial charge in [-0.05, 0) is 81.0 Å². The first-order valence-corrected chi connectivity index (χ1v) is 11.0. The van der Waals surface area contributed by atoms with Gasteiger partial charge in [-0.1, -0.05) is 26.2 Å². The van der Waals surface area contributed by atoms with E-state index in [0.717, 1.165) is 43.4 Å². The Bertz CT molecular complexity index is 522. The molecule has 4 bridgehead atoms. The molecule has 4 nitrogen and oxygen atoms in total. The van der Waals surface area contributed by atoms with Gasteiger partial charge in [0.2, 0.25) is 5.91 Å². The van der Waals surface area contributed by atoms with Gasteiger partial charge in [0.1, 0.15) is 0 Å². The van der Waals surface area contributed by atoms with Gasteiger partial charge in [-0.25, -0.2) is 0 Å². The van der Waals surface area contributed by atoms with Crippen LogP contribution in [0, 0.1) is 35.0 Å². The monoisotopic (exact) mass is 360 g/mol. The fourth-order valence-electron chi connectivity index (χ4n) is 7.43. The molecule has 4 heteroatoms. The Hall–Kier alpha value is -1.06. The lowest BCUT2D eigenvalue weighted by Crippen LogP contribution is -2.58. The average Bonchev–Trinajstić information content (AvgIpc) is 2.60. The molecule has 0 aromatic rings. The standard InChI is InChI=1S/C22H35NO3/c1-2-5-19(22-11-14-8-15(12-22)10-16(9-14)13-22)23-20(24)17-6-3-4-7-18(17)21(25)26/h14-19H,2-13H2,1H3,(H,23,24)(H,25,26)/p-1. The molecule has 3 atom stereocenters. The normalized spacial score (nSPS) is 42.4. The quantitative estimate of drug-likeness (QED) is 0.791. The van der Waals surface area contributed by atoms with Gasteiger partial charge in [-0.15, -0.1) is 0 Å². The molecule has 1 amide bonds. The van der Waals surface area contributed by atoms with Gasteiger partial charge in [0, 0.05) is 23.8 Å². The summed E-state index contributed by atoms with van der Waals surface area (Å²) in [6.45, 7) is 2.20. The first kappa shape index (κ1) is 18.3. The van der Waals surface area contributed by atoms with Crippen molar-refractivity contribution in [3.05, 3.63) is 0 Å². The van der Waals surface area contributed by atoms with Gasteiger partial charge in [-0.2, -0.15) is 0 Å². The van der Waals surface area contributed by atoms with Crippen molar-refractivity contribution in [1.29, 1.82) is 0 Å². The molecule has 5 rings (SSSR count). The second-order valence-electron chi connectivity index (χ2n) is 9.95. The highest BCUT2D eigenvalue weighted by atomic mass is 16.4. The first-order chi connectivity index (χ1) is 12.5. The van der Waals surface area contributed by atoms with Crippen molar-refractivity contribution in [3.8, 4) is 0 Å². The van der Waals surface area contributed by atoms with Crippen LogP contribution in [0.4, 0.5) is 0 Å². The van der Waals surface area contributed by atoms with Gasteiger partial charge in [0.25, 0.3) is 0 Å². The van der Waals surface area contributed by atoms with Crippen molar-refractivity contribution < 1.29 is 14.7 Å². The van der Waals surface area contributed by atoms with E-state index in [1.165, 1.54) is 38.5 Å². The number of hydrogen-bond acceptors (Lipinski definition) is 3. The van der Waals surface area contributed by atoms with Crippen molar-refractivity contribution in [2.75, 3.05) is 0 Å². The van der Waals surface area contributed by atoms with Crippen LogP contribution in [0.25, 0.3) is 0 Å². The van der Waals surface area contributed by atoms with E-state index in [4.69, 9.17) is 0 Å². The number of carbonyl (C=O) groups is 2. The summed E-state index contributed by atoms with van der Waals surface area (Å²) in [6.07, 6.45) is 13.3. The van der Waals surface area contributed by atoms with Gasteiger partial charge in [0.15, 0.2) is 0 Å². The van der Waals surface area contributed by atoms with Crippen LogP contribution in [0.5, 0.6) is 0 Å². The van der Waals surface area contributed by atoms with Crippen LogP contribution in [0.1, 0.15) is 84.0 Å². The molecule has 0 aliphatic heterocycles. The Kier molecular flexibility index (Phi) is 5.04. The molecule has 3 unspecified atom stereocenters. The Morgan fingerprint density at radius 1 is 1.00 bits per heavy atom.